The Hall–Kier alpha value is -3.37. The van der Waals surface area contributed by atoms with Gasteiger partial charge in [0.25, 0.3) is 0 Å². The van der Waals surface area contributed by atoms with Crippen LogP contribution in [-0.4, -0.2) is 40.9 Å². The maximum Gasteiger partial charge on any atom is 0.407 e. The van der Waals surface area contributed by atoms with Gasteiger partial charge in [0.15, 0.2) is 19.7 Å². The highest BCUT2D eigenvalue weighted by atomic mass is 32.2. The van der Waals surface area contributed by atoms with Crippen molar-refractivity contribution in [2.45, 2.75) is 60.8 Å². The number of nitrogens with one attached hydrogen (secondary N) is 1. The first-order valence-corrected chi connectivity index (χ1v) is 15.9. The van der Waals surface area contributed by atoms with Crippen molar-refractivity contribution in [1.29, 1.82) is 0 Å². The van der Waals surface area contributed by atoms with E-state index in [1.54, 1.807) is 39.0 Å². The topological polar surface area (TPSA) is 116 Å². The summed E-state index contributed by atoms with van der Waals surface area (Å²) >= 11 is 0. The summed E-state index contributed by atoms with van der Waals surface area (Å²) in [5.41, 5.74) is 0.850. The third-order valence-corrected chi connectivity index (χ3v) is 10.4. The highest BCUT2D eigenvalue weighted by molar-refractivity contribution is 7.96. The molecular formula is C29H33NO7S2. The van der Waals surface area contributed by atoms with Crippen LogP contribution in [0.25, 0.3) is 0 Å². The number of hydrogen-bond donors (Lipinski definition) is 1. The van der Waals surface area contributed by atoms with Gasteiger partial charge < -0.3 is 14.8 Å². The molecule has 0 aromatic heterocycles. The molecule has 1 aliphatic heterocycles. The number of ether oxygens (including phenoxy) is 2. The minimum atomic E-state index is -4.07. The predicted octanol–water partition coefficient (Wildman–Crippen LogP) is 5.03. The molecule has 39 heavy (non-hydrogen) atoms. The molecule has 208 valence electrons. The third-order valence-electron chi connectivity index (χ3n) is 6.27. The molecule has 1 heterocycles. The molecule has 4 rings (SSSR count). The van der Waals surface area contributed by atoms with Crippen molar-refractivity contribution in [2.75, 3.05) is 12.4 Å². The molecule has 3 aromatic carbocycles. The van der Waals surface area contributed by atoms with Gasteiger partial charge in [0, 0.05) is 5.56 Å². The molecule has 10 heteroatoms. The average Bonchev–Trinajstić information content (AvgIpc) is 3.17. The number of alkyl carbamates (subject to hydrolysis) is 1. The molecule has 0 fully saturated rings. The summed E-state index contributed by atoms with van der Waals surface area (Å²) in [6, 6.07) is 20.6. The van der Waals surface area contributed by atoms with E-state index in [0.717, 1.165) is 12.0 Å². The van der Waals surface area contributed by atoms with Crippen molar-refractivity contribution < 1.29 is 31.1 Å². The van der Waals surface area contributed by atoms with Crippen LogP contribution in [0, 0.1) is 0 Å². The lowest BCUT2D eigenvalue weighted by Gasteiger charge is -2.22. The first-order valence-electron chi connectivity index (χ1n) is 12.7. The standard InChI is InChI=1S/C29H33NO7S2/c1-29(2,3)37-28(31)30-19-23-24(36-18-10-13-21-11-6-4-7-12-21)16-17-25-27(23)26(20-38(25,32)33)39(34,35)22-14-8-5-9-15-22/h4-9,11-12,14-17,26H,10,13,18-20H2,1-3H3,(H,30,31). The second-order valence-corrected chi connectivity index (χ2v) is 14.5. The Labute approximate surface area is 230 Å². The van der Waals surface area contributed by atoms with Gasteiger partial charge in [-0.2, -0.15) is 0 Å². The molecule has 0 radical (unpaired) electrons. The van der Waals surface area contributed by atoms with Crippen LogP contribution < -0.4 is 10.1 Å². The van der Waals surface area contributed by atoms with Crippen LogP contribution in [0.3, 0.4) is 0 Å². The van der Waals surface area contributed by atoms with Gasteiger partial charge in [-0.1, -0.05) is 48.5 Å². The number of hydrogen-bond acceptors (Lipinski definition) is 7. The summed E-state index contributed by atoms with van der Waals surface area (Å²) in [7, 11) is -7.96. The number of rotatable bonds is 9. The Bertz CT molecular complexity index is 1530. The van der Waals surface area contributed by atoms with Crippen LogP contribution in [0.15, 0.2) is 82.6 Å². The zero-order valence-corrected chi connectivity index (χ0v) is 23.8. The lowest BCUT2D eigenvalue weighted by Crippen LogP contribution is -2.32. The van der Waals surface area contributed by atoms with E-state index < -0.39 is 42.4 Å². The van der Waals surface area contributed by atoms with Gasteiger partial charge in [-0.25, -0.2) is 21.6 Å². The largest absolute Gasteiger partial charge is 0.493 e. The zero-order valence-electron chi connectivity index (χ0n) is 22.2. The number of aryl methyl sites for hydroxylation is 1. The van der Waals surface area contributed by atoms with E-state index in [2.05, 4.69) is 5.32 Å². The third kappa shape index (κ3) is 6.80. The molecule has 1 amide bonds. The van der Waals surface area contributed by atoms with E-state index in [-0.39, 0.29) is 21.9 Å². The van der Waals surface area contributed by atoms with Crippen LogP contribution in [0.5, 0.6) is 5.75 Å². The Morgan fingerprint density at radius 2 is 1.62 bits per heavy atom. The van der Waals surface area contributed by atoms with Crippen molar-refractivity contribution in [3.63, 3.8) is 0 Å². The molecule has 1 aliphatic rings. The average molecular weight is 572 g/mol. The summed E-state index contributed by atoms with van der Waals surface area (Å²) in [6.07, 6.45) is 0.749. The van der Waals surface area contributed by atoms with E-state index in [4.69, 9.17) is 9.47 Å². The molecule has 1 unspecified atom stereocenters. The summed E-state index contributed by atoms with van der Waals surface area (Å²) in [5, 5.41) is 1.31. The molecule has 8 nitrogen and oxygen atoms in total. The van der Waals surface area contributed by atoms with Gasteiger partial charge in [-0.05, 0) is 69.0 Å². The number of fused-ring (bicyclic) bond motifs is 1. The monoisotopic (exact) mass is 571 g/mol. The van der Waals surface area contributed by atoms with Crippen molar-refractivity contribution in [3.8, 4) is 5.75 Å². The van der Waals surface area contributed by atoms with Crippen LogP contribution in [0.1, 0.15) is 49.1 Å². The van der Waals surface area contributed by atoms with Gasteiger partial charge in [0.2, 0.25) is 0 Å². The smallest absolute Gasteiger partial charge is 0.407 e. The number of sulfone groups is 2. The maximum absolute atomic E-state index is 13.7. The molecule has 3 aromatic rings. The SMILES string of the molecule is CC(C)(C)OC(=O)NCc1c(OCCCc2ccccc2)ccc2c1C(S(=O)(=O)c1ccccc1)CS2(=O)=O. The zero-order chi connectivity index (χ0) is 28.3. The normalized spacial score (nSPS) is 16.3. The Balaban J connectivity index is 1.70. The van der Waals surface area contributed by atoms with Crippen LogP contribution in [0.4, 0.5) is 4.79 Å². The van der Waals surface area contributed by atoms with E-state index in [1.165, 1.54) is 24.3 Å². The predicted molar refractivity (Wildman–Crippen MR) is 148 cm³/mol. The highest BCUT2D eigenvalue weighted by Crippen LogP contribution is 2.45. The van der Waals surface area contributed by atoms with Crippen LogP contribution >= 0.6 is 0 Å². The van der Waals surface area contributed by atoms with Crippen molar-refractivity contribution >= 4 is 25.8 Å². The molecule has 0 spiro atoms. The van der Waals surface area contributed by atoms with E-state index in [9.17, 15) is 21.6 Å². The molecule has 0 saturated carbocycles. The van der Waals surface area contributed by atoms with Crippen LogP contribution in [0.2, 0.25) is 0 Å². The Morgan fingerprint density at radius 1 is 0.974 bits per heavy atom. The maximum atomic E-state index is 13.7. The van der Waals surface area contributed by atoms with Crippen molar-refractivity contribution in [1.82, 2.24) is 5.32 Å². The minimum Gasteiger partial charge on any atom is -0.493 e. The fourth-order valence-electron chi connectivity index (χ4n) is 4.53. The molecule has 0 bridgehead atoms. The molecule has 1 N–H and O–H groups in total. The van der Waals surface area contributed by atoms with Crippen molar-refractivity contribution in [3.05, 3.63) is 89.5 Å². The summed E-state index contributed by atoms with van der Waals surface area (Å²) < 4.78 is 65.0. The quantitative estimate of drug-likeness (QED) is 0.358. The highest BCUT2D eigenvalue weighted by Gasteiger charge is 2.45. The lowest BCUT2D eigenvalue weighted by molar-refractivity contribution is 0.0523. The van der Waals surface area contributed by atoms with E-state index in [0.29, 0.717) is 24.3 Å². The Morgan fingerprint density at radius 3 is 2.26 bits per heavy atom. The minimum absolute atomic E-state index is 0.0262. The van der Waals surface area contributed by atoms with Gasteiger partial charge in [-0.15, -0.1) is 0 Å². The molecule has 1 atom stereocenters. The van der Waals surface area contributed by atoms with Gasteiger partial charge in [-0.3, -0.25) is 0 Å². The van der Waals surface area contributed by atoms with Gasteiger partial charge >= 0.3 is 6.09 Å². The molecule has 0 saturated heterocycles. The number of carbonyl (C=O) groups excluding carboxylic acids is 1. The number of benzene rings is 3. The second-order valence-electron chi connectivity index (χ2n) is 10.4. The van der Waals surface area contributed by atoms with Crippen molar-refractivity contribution in [2.24, 2.45) is 0 Å². The summed E-state index contributed by atoms with van der Waals surface area (Å²) in [6.45, 7) is 5.33. The second kappa shape index (κ2) is 11.4. The first kappa shape index (κ1) is 28.6. The summed E-state index contributed by atoms with van der Waals surface area (Å²) in [4.78, 5) is 12.4. The van der Waals surface area contributed by atoms with Crippen LogP contribution in [-0.2, 0) is 37.4 Å². The van der Waals surface area contributed by atoms with Gasteiger partial charge in [0.1, 0.15) is 16.6 Å². The van der Waals surface area contributed by atoms with E-state index >= 15 is 0 Å². The molecule has 0 aliphatic carbocycles. The first-order chi connectivity index (χ1) is 18.4. The van der Waals surface area contributed by atoms with Gasteiger partial charge in [0.05, 0.1) is 28.7 Å². The van der Waals surface area contributed by atoms with E-state index in [1.807, 2.05) is 30.3 Å². The fourth-order valence-corrected chi connectivity index (χ4v) is 8.93. The summed E-state index contributed by atoms with van der Waals surface area (Å²) in [5.74, 6) is -0.264. The number of amides is 1. The molecular weight excluding hydrogens is 538 g/mol. The Kier molecular flexibility index (Phi) is 8.37. The fraction of sp³-hybridized carbons (Fsp3) is 0.345. The lowest BCUT2D eigenvalue weighted by atomic mass is 10.0. The number of carbonyl (C=O) groups is 1.